The highest BCUT2D eigenvalue weighted by Crippen LogP contribution is 2.26. The summed E-state index contributed by atoms with van der Waals surface area (Å²) in [5.41, 5.74) is -0.0569. The van der Waals surface area contributed by atoms with E-state index in [0.29, 0.717) is 18.7 Å². The average Bonchev–Trinajstić information content (AvgIpc) is 2.81. The molecular weight excluding hydrogens is 282 g/mol. The SMILES string of the molecule is O=C(CCn1c(Br)cccc1=O)C1CCCC1. The molecule has 1 saturated carbocycles. The molecular formula is C13H16BrNO2. The third-order valence-electron chi connectivity index (χ3n) is 3.39. The predicted octanol–water partition coefficient (Wildman–Crippen LogP) is 2.76. The molecule has 1 aliphatic rings. The lowest BCUT2D eigenvalue weighted by Crippen LogP contribution is -2.22. The second kappa shape index (κ2) is 5.63. The van der Waals surface area contributed by atoms with Gasteiger partial charge in [0.15, 0.2) is 0 Å². The van der Waals surface area contributed by atoms with Crippen molar-refractivity contribution >= 4 is 21.7 Å². The topological polar surface area (TPSA) is 39.1 Å². The molecule has 92 valence electrons. The van der Waals surface area contributed by atoms with Crippen LogP contribution in [0.3, 0.4) is 0 Å². The summed E-state index contributed by atoms with van der Waals surface area (Å²) in [7, 11) is 0. The van der Waals surface area contributed by atoms with Crippen molar-refractivity contribution < 1.29 is 4.79 Å². The summed E-state index contributed by atoms with van der Waals surface area (Å²) in [6.07, 6.45) is 4.87. The number of hydrogen-bond acceptors (Lipinski definition) is 2. The van der Waals surface area contributed by atoms with Crippen LogP contribution in [-0.2, 0) is 11.3 Å². The first-order valence-electron chi connectivity index (χ1n) is 6.06. The lowest BCUT2D eigenvalue weighted by molar-refractivity contribution is -0.122. The molecule has 0 aliphatic heterocycles. The number of ketones is 1. The molecule has 1 fully saturated rings. The summed E-state index contributed by atoms with van der Waals surface area (Å²) < 4.78 is 2.34. The summed E-state index contributed by atoms with van der Waals surface area (Å²) in [5.74, 6) is 0.554. The molecule has 0 unspecified atom stereocenters. The minimum atomic E-state index is -0.0569. The maximum Gasteiger partial charge on any atom is 0.251 e. The van der Waals surface area contributed by atoms with Gasteiger partial charge in [0, 0.05) is 24.9 Å². The molecule has 1 aromatic rings. The number of Topliss-reactive ketones (excluding diaryl/α,β-unsaturated/α-hetero) is 1. The Hall–Kier alpha value is -0.900. The van der Waals surface area contributed by atoms with Gasteiger partial charge in [-0.2, -0.15) is 0 Å². The van der Waals surface area contributed by atoms with Crippen molar-refractivity contribution in [3.63, 3.8) is 0 Å². The third kappa shape index (κ3) is 3.06. The van der Waals surface area contributed by atoms with Gasteiger partial charge in [-0.15, -0.1) is 0 Å². The van der Waals surface area contributed by atoms with Gasteiger partial charge in [-0.3, -0.25) is 9.59 Å². The van der Waals surface area contributed by atoms with Gasteiger partial charge < -0.3 is 4.57 Å². The molecule has 0 radical (unpaired) electrons. The molecule has 0 atom stereocenters. The van der Waals surface area contributed by atoms with Crippen molar-refractivity contribution in [2.45, 2.75) is 38.6 Å². The van der Waals surface area contributed by atoms with Crippen LogP contribution in [-0.4, -0.2) is 10.4 Å². The highest BCUT2D eigenvalue weighted by Gasteiger charge is 2.22. The van der Waals surface area contributed by atoms with E-state index in [2.05, 4.69) is 15.9 Å². The first-order chi connectivity index (χ1) is 8.18. The fourth-order valence-electron chi connectivity index (χ4n) is 2.39. The quantitative estimate of drug-likeness (QED) is 0.802. The molecule has 0 saturated heterocycles. The number of aromatic nitrogens is 1. The minimum Gasteiger partial charge on any atom is -0.302 e. The summed E-state index contributed by atoms with van der Waals surface area (Å²) in [4.78, 5) is 23.5. The van der Waals surface area contributed by atoms with Crippen molar-refractivity contribution in [2.75, 3.05) is 0 Å². The van der Waals surface area contributed by atoms with Crippen LogP contribution in [0.15, 0.2) is 27.6 Å². The van der Waals surface area contributed by atoms with Crippen LogP contribution in [0.25, 0.3) is 0 Å². The van der Waals surface area contributed by atoms with Crippen LogP contribution in [0.2, 0.25) is 0 Å². The van der Waals surface area contributed by atoms with Gasteiger partial charge in [-0.1, -0.05) is 18.9 Å². The third-order valence-corrected chi connectivity index (χ3v) is 4.08. The Balaban J connectivity index is 1.97. The highest BCUT2D eigenvalue weighted by atomic mass is 79.9. The van der Waals surface area contributed by atoms with Crippen molar-refractivity contribution in [2.24, 2.45) is 5.92 Å². The summed E-state index contributed by atoms with van der Waals surface area (Å²) in [5, 5.41) is 0. The zero-order valence-electron chi connectivity index (χ0n) is 9.69. The second-order valence-corrected chi connectivity index (χ2v) is 5.35. The van der Waals surface area contributed by atoms with Crippen LogP contribution >= 0.6 is 15.9 Å². The van der Waals surface area contributed by atoms with Gasteiger partial charge in [-0.25, -0.2) is 0 Å². The van der Waals surface area contributed by atoms with Crippen LogP contribution in [0, 0.1) is 5.92 Å². The molecule has 4 heteroatoms. The molecule has 2 rings (SSSR count). The molecule has 0 N–H and O–H groups in total. The van der Waals surface area contributed by atoms with Crippen molar-refractivity contribution in [1.29, 1.82) is 0 Å². The van der Waals surface area contributed by atoms with E-state index in [-0.39, 0.29) is 11.5 Å². The Morgan fingerprint density at radius 3 is 2.71 bits per heavy atom. The van der Waals surface area contributed by atoms with Gasteiger partial charge >= 0.3 is 0 Å². The number of carbonyl (C=O) groups is 1. The Kier molecular flexibility index (Phi) is 4.15. The van der Waals surface area contributed by atoms with E-state index in [1.165, 1.54) is 18.9 Å². The first kappa shape index (κ1) is 12.6. The van der Waals surface area contributed by atoms with Crippen molar-refractivity contribution in [1.82, 2.24) is 4.57 Å². The molecule has 0 spiro atoms. The van der Waals surface area contributed by atoms with Crippen molar-refractivity contribution in [3.05, 3.63) is 33.2 Å². The maximum absolute atomic E-state index is 11.9. The number of hydrogen-bond donors (Lipinski definition) is 0. The Labute approximate surface area is 109 Å². The zero-order chi connectivity index (χ0) is 12.3. The normalized spacial score (nSPS) is 16.3. The lowest BCUT2D eigenvalue weighted by Gasteiger charge is -2.10. The number of halogens is 1. The second-order valence-electron chi connectivity index (χ2n) is 4.54. The standard InChI is InChI=1S/C13H16BrNO2/c14-12-6-3-7-13(17)15(12)9-8-11(16)10-4-1-2-5-10/h3,6-7,10H,1-2,4-5,8-9H2. The molecule has 1 aliphatic carbocycles. The van der Waals surface area contributed by atoms with Gasteiger partial charge in [0.1, 0.15) is 5.78 Å². The van der Waals surface area contributed by atoms with Crippen molar-refractivity contribution in [3.8, 4) is 0 Å². The van der Waals surface area contributed by atoms with Crippen LogP contribution in [0.5, 0.6) is 0 Å². The number of rotatable bonds is 4. The molecule has 3 nitrogen and oxygen atoms in total. The van der Waals surface area contributed by atoms with Crippen LogP contribution in [0.1, 0.15) is 32.1 Å². The number of pyridine rings is 1. The molecule has 1 aromatic heterocycles. The van der Waals surface area contributed by atoms with E-state index in [0.717, 1.165) is 17.4 Å². The molecule has 0 aromatic carbocycles. The zero-order valence-corrected chi connectivity index (χ0v) is 11.3. The Morgan fingerprint density at radius 1 is 1.35 bits per heavy atom. The van der Waals surface area contributed by atoms with E-state index in [1.54, 1.807) is 10.6 Å². The molecule has 17 heavy (non-hydrogen) atoms. The largest absolute Gasteiger partial charge is 0.302 e. The van der Waals surface area contributed by atoms with Crippen LogP contribution in [0.4, 0.5) is 0 Å². The van der Waals surface area contributed by atoms with E-state index >= 15 is 0 Å². The molecule has 0 amide bonds. The van der Waals surface area contributed by atoms with E-state index in [4.69, 9.17) is 0 Å². The summed E-state index contributed by atoms with van der Waals surface area (Å²) in [6, 6.07) is 5.05. The molecule has 0 bridgehead atoms. The number of nitrogens with zero attached hydrogens (tertiary/aromatic N) is 1. The summed E-state index contributed by atoms with van der Waals surface area (Å²) >= 11 is 3.33. The lowest BCUT2D eigenvalue weighted by atomic mass is 10.0. The fraction of sp³-hybridized carbons (Fsp3) is 0.538. The van der Waals surface area contributed by atoms with Crippen LogP contribution < -0.4 is 5.56 Å². The van der Waals surface area contributed by atoms with Gasteiger partial charge in [0.25, 0.3) is 5.56 Å². The maximum atomic E-state index is 11.9. The Morgan fingerprint density at radius 2 is 2.06 bits per heavy atom. The van der Waals surface area contributed by atoms with Gasteiger partial charge in [0.2, 0.25) is 0 Å². The Bertz CT molecular complexity index is 461. The smallest absolute Gasteiger partial charge is 0.251 e. The highest BCUT2D eigenvalue weighted by molar-refractivity contribution is 9.10. The van der Waals surface area contributed by atoms with E-state index in [9.17, 15) is 9.59 Å². The minimum absolute atomic E-state index is 0.0569. The van der Waals surface area contributed by atoms with E-state index in [1.807, 2.05) is 6.07 Å². The summed E-state index contributed by atoms with van der Waals surface area (Å²) in [6.45, 7) is 0.482. The average molecular weight is 298 g/mol. The first-order valence-corrected chi connectivity index (χ1v) is 6.86. The fourth-order valence-corrected chi connectivity index (χ4v) is 2.89. The van der Waals surface area contributed by atoms with E-state index < -0.39 is 0 Å². The monoisotopic (exact) mass is 297 g/mol. The predicted molar refractivity (Wildman–Crippen MR) is 70.0 cm³/mol. The van der Waals surface area contributed by atoms with Gasteiger partial charge in [0.05, 0.1) is 4.60 Å². The number of carbonyl (C=O) groups excluding carboxylic acids is 1. The molecule has 1 heterocycles. The van der Waals surface area contributed by atoms with Gasteiger partial charge in [-0.05, 0) is 34.8 Å².